The summed E-state index contributed by atoms with van der Waals surface area (Å²) in [7, 11) is 0. The number of hydrogen-bond donors (Lipinski definition) is 3. The number of carbonyl (C=O) groups excluding carboxylic acids is 2. The number of rotatable bonds is 8. The number of anilines is 1. The average Bonchev–Trinajstić information content (AvgIpc) is 3.53. The van der Waals surface area contributed by atoms with Gasteiger partial charge in [-0.2, -0.15) is 5.21 Å². The van der Waals surface area contributed by atoms with E-state index in [9.17, 15) is 9.59 Å². The third kappa shape index (κ3) is 7.15. The van der Waals surface area contributed by atoms with E-state index in [1.807, 2.05) is 30.3 Å². The molecule has 1 saturated carbocycles. The highest BCUT2D eigenvalue weighted by atomic mass is 35.5. The number of tetrazole rings is 1. The highest BCUT2D eigenvalue weighted by Gasteiger charge is 2.35. The molecule has 41 heavy (non-hydrogen) atoms. The van der Waals surface area contributed by atoms with Crippen molar-refractivity contribution in [3.05, 3.63) is 77.6 Å². The summed E-state index contributed by atoms with van der Waals surface area (Å²) in [6, 6.07) is 15.6. The fourth-order valence-electron chi connectivity index (χ4n) is 5.14. The molecule has 0 bridgehead atoms. The Bertz CT molecular complexity index is 1440. The number of pyridine rings is 1. The van der Waals surface area contributed by atoms with E-state index in [1.165, 1.54) is 4.90 Å². The number of nitrogens with zero attached hydrogens (tertiary/aromatic N) is 5. The van der Waals surface area contributed by atoms with E-state index in [0.29, 0.717) is 47.4 Å². The summed E-state index contributed by atoms with van der Waals surface area (Å²) >= 11 is 6.08. The number of benzene rings is 2. The van der Waals surface area contributed by atoms with E-state index in [0.717, 1.165) is 29.5 Å². The molecule has 1 aliphatic carbocycles. The van der Waals surface area contributed by atoms with Gasteiger partial charge in [0, 0.05) is 29.4 Å². The molecule has 4 aromatic rings. The second kappa shape index (κ2) is 13.8. The number of H-pyrrole nitrogens is 1. The minimum absolute atomic E-state index is 0. The Hall–Kier alpha value is -3.70. The lowest BCUT2D eigenvalue weighted by Crippen LogP contribution is -2.50. The number of amides is 2. The first-order chi connectivity index (χ1) is 19.4. The Balaban J connectivity index is 0.00000387. The van der Waals surface area contributed by atoms with Crippen molar-refractivity contribution in [2.24, 2.45) is 23.3 Å². The maximum absolute atomic E-state index is 13.8. The van der Waals surface area contributed by atoms with Gasteiger partial charge in [-0.1, -0.05) is 35.9 Å². The molecule has 5 N–H and O–H groups in total. The van der Waals surface area contributed by atoms with Crippen molar-refractivity contribution in [1.29, 1.82) is 0 Å². The zero-order valence-electron chi connectivity index (χ0n) is 22.3. The smallest absolute Gasteiger partial charge is 0.251 e. The molecule has 2 amide bonds. The van der Waals surface area contributed by atoms with E-state index in [1.54, 1.807) is 36.7 Å². The van der Waals surface area contributed by atoms with E-state index < -0.39 is 11.9 Å². The Morgan fingerprint density at radius 1 is 0.976 bits per heavy atom. The molecule has 0 aliphatic heterocycles. The lowest BCUT2D eigenvalue weighted by atomic mass is 9.81. The molecule has 2 aromatic carbocycles. The van der Waals surface area contributed by atoms with E-state index in [2.05, 4.69) is 25.6 Å². The molecule has 1 fully saturated rings. The van der Waals surface area contributed by atoms with E-state index in [-0.39, 0.29) is 30.7 Å². The normalized spacial score (nSPS) is 17.3. The Morgan fingerprint density at radius 3 is 2.27 bits per heavy atom. The molecule has 1 aliphatic rings. The third-order valence-electron chi connectivity index (χ3n) is 7.46. The minimum Gasteiger partial charge on any atom is -0.330 e. The number of aromatic amines is 1. The fraction of sp³-hybridized carbons (Fsp3) is 0.310. The van der Waals surface area contributed by atoms with Gasteiger partial charge in [0.2, 0.25) is 11.7 Å². The zero-order chi connectivity index (χ0) is 28.1. The number of halogens is 2. The Kier molecular flexibility index (Phi) is 10.2. The van der Waals surface area contributed by atoms with Crippen molar-refractivity contribution in [3.8, 4) is 22.5 Å². The molecule has 0 unspecified atom stereocenters. The molecule has 2 aromatic heterocycles. The first kappa shape index (κ1) is 30.3. The van der Waals surface area contributed by atoms with Crippen molar-refractivity contribution in [2.75, 3.05) is 11.4 Å². The largest absolute Gasteiger partial charge is 0.330 e. The van der Waals surface area contributed by atoms with Crippen molar-refractivity contribution >= 4 is 41.5 Å². The molecule has 10 nitrogen and oxygen atoms in total. The van der Waals surface area contributed by atoms with Gasteiger partial charge in [0.1, 0.15) is 0 Å². The quantitative estimate of drug-likeness (QED) is 0.274. The molecule has 5 rings (SSSR count). The van der Waals surface area contributed by atoms with E-state index in [4.69, 9.17) is 23.1 Å². The lowest BCUT2D eigenvalue weighted by Gasteiger charge is -2.32. The summed E-state index contributed by atoms with van der Waals surface area (Å²) in [5.74, 6) is -0.102. The van der Waals surface area contributed by atoms with Gasteiger partial charge >= 0.3 is 0 Å². The molecule has 0 spiro atoms. The van der Waals surface area contributed by atoms with Crippen molar-refractivity contribution in [3.63, 3.8) is 0 Å². The SMILES string of the molecule is Cl.NCC1CCC(C(=O)N(C(=O)[C@@H](N)Cc2ccc(-c3cncc(Cl)c3)cc2)c2ccc(-c3nn[nH]n3)cc2)CC1. The van der Waals surface area contributed by atoms with Crippen molar-refractivity contribution in [2.45, 2.75) is 38.1 Å². The van der Waals surface area contributed by atoms with Crippen LogP contribution in [0.4, 0.5) is 5.69 Å². The van der Waals surface area contributed by atoms with Gasteiger partial charge in [-0.25, -0.2) is 4.90 Å². The van der Waals surface area contributed by atoms with Crippen LogP contribution in [0.25, 0.3) is 22.5 Å². The number of hydrogen-bond acceptors (Lipinski definition) is 8. The first-order valence-corrected chi connectivity index (χ1v) is 13.7. The molecule has 12 heteroatoms. The number of nitrogens with one attached hydrogen (secondary N) is 1. The van der Waals surface area contributed by atoms with Crippen LogP contribution in [-0.2, 0) is 16.0 Å². The minimum atomic E-state index is -0.917. The number of carbonyl (C=O) groups is 2. The molecule has 214 valence electrons. The molecule has 1 atom stereocenters. The summed E-state index contributed by atoms with van der Waals surface area (Å²) in [6.45, 7) is 0.610. The van der Waals surface area contributed by atoms with Gasteiger partial charge in [0.05, 0.1) is 16.8 Å². The van der Waals surface area contributed by atoms with Gasteiger partial charge in [-0.3, -0.25) is 14.6 Å². The molecular weight excluding hydrogens is 563 g/mol. The Morgan fingerprint density at radius 2 is 1.66 bits per heavy atom. The fourth-order valence-corrected chi connectivity index (χ4v) is 5.32. The number of imide groups is 1. The van der Waals surface area contributed by atoms with Crippen LogP contribution in [0.15, 0.2) is 67.0 Å². The summed E-state index contributed by atoms with van der Waals surface area (Å²) in [5.41, 5.74) is 16.2. The van der Waals surface area contributed by atoms with Crippen LogP contribution in [0.1, 0.15) is 31.2 Å². The zero-order valence-corrected chi connectivity index (χ0v) is 23.9. The highest BCUT2D eigenvalue weighted by molar-refractivity contribution is 6.30. The molecule has 0 radical (unpaired) electrons. The maximum Gasteiger partial charge on any atom is 0.251 e. The van der Waals surface area contributed by atoms with Crippen LogP contribution in [0.2, 0.25) is 5.02 Å². The molecule has 0 saturated heterocycles. The van der Waals surface area contributed by atoms with Gasteiger partial charge in [0.25, 0.3) is 5.91 Å². The van der Waals surface area contributed by atoms with Gasteiger partial charge < -0.3 is 11.5 Å². The standard InChI is InChI=1S/C29H31ClN8O2.ClH/c30-24-14-23(16-33-17-24)20-5-1-18(2-6-20)13-26(32)29(40)38(28(39)22-7-3-19(15-31)4-8-22)25-11-9-21(10-12-25)27-34-36-37-35-27;/h1-2,5-6,9-12,14,16-17,19,22,26H,3-4,7-8,13,15,31-32H2,(H,34,35,36,37);1H/t19?,22?,26-;/m0./s1. The second-order valence-corrected chi connectivity index (χ2v) is 10.6. The predicted octanol–water partition coefficient (Wildman–Crippen LogP) is 4.20. The number of aromatic nitrogens is 5. The van der Waals surface area contributed by atoms with Crippen LogP contribution in [0.3, 0.4) is 0 Å². The van der Waals surface area contributed by atoms with Crippen LogP contribution >= 0.6 is 24.0 Å². The van der Waals surface area contributed by atoms with Crippen LogP contribution < -0.4 is 16.4 Å². The van der Waals surface area contributed by atoms with Crippen LogP contribution in [-0.4, -0.2) is 50.0 Å². The molecular formula is C29H32Cl2N8O2. The number of nitrogens with two attached hydrogens (primary N) is 2. The summed E-state index contributed by atoms with van der Waals surface area (Å²) in [5, 5.41) is 14.5. The van der Waals surface area contributed by atoms with Crippen LogP contribution in [0, 0.1) is 11.8 Å². The van der Waals surface area contributed by atoms with E-state index >= 15 is 0 Å². The topological polar surface area (TPSA) is 157 Å². The summed E-state index contributed by atoms with van der Waals surface area (Å²) in [6.07, 6.45) is 6.72. The Labute approximate surface area is 249 Å². The lowest BCUT2D eigenvalue weighted by molar-refractivity contribution is -0.130. The summed E-state index contributed by atoms with van der Waals surface area (Å²) in [4.78, 5) is 33.0. The van der Waals surface area contributed by atoms with Crippen molar-refractivity contribution in [1.82, 2.24) is 25.6 Å². The highest BCUT2D eigenvalue weighted by Crippen LogP contribution is 2.32. The monoisotopic (exact) mass is 594 g/mol. The summed E-state index contributed by atoms with van der Waals surface area (Å²) < 4.78 is 0. The average molecular weight is 596 g/mol. The third-order valence-corrected chi connectivity index (χ3v) is 7.67. The van der Waals surface area contributed by atoms with Crippen molar-refractivity contribution < 1.29 is 9.59 Å². The van der Waals surface area contributed by atoms with Gasteiger partial charge in [-0.05, 0) is 91.2 Å². The molecule has 2 heterocycles. The second-order valence-electron chi connectivity index (χ2n) is 10.1. The first-order valence-electron chi connectivity index (χ1n) is 13.3. The van der Waals surface area contributed by atoms with Crippen LogP contribution in [0.5, 0.6) is 0 Å². The predicted molar refractivity (Wildman–Crippen MR) is 160 cm³/mol. The maximum atomic E-state index is 13.8. The van der Waals surface area contributed by atoms with Gasteiger partial charge in [-0.15, -0.1) is 22.6 Å². The van der Waals surface area contributed by atoms with Gasteiger partial charge in [0.15, 0.2) is 0 Å².